The first-order chi connectivity index (χ1) is 7.27. The Morgan fingerprint density at radius 3 is 2.31 bits per heavy atom. The van der Waals surface area contributed by atoms with Crippen LogP contribution in [0.1, 0.15) is 28.6 Å². The second kappa shape index (κ2) is 4.79. The van der Waals surface area contributed by atoms with Gasteiger partial charge in [-0.15, -0.1) is 11.3 Å². The third-order valence-electron chi connectivity index (χ3n) is 2.49. The van der Waals surface area contributed by atoms with Crippen LogP contribution in [0.15, 0.2) is 0 Å². The van der Waals surface area contributed by atoms with Crippen molar-refractivity contribution in [2.75, 3.05) is 7.11 Å². The lowest BCUT2D eigenvalue weighted by atomic mass is 10.3. The minimum atomic E-state index is -3.62. The number of rotatable bonds is 4. The molecule has 1 heterocycles. The van der Waals surface area contributed by atoms with Crippen molar-refractivity contribution in [3.8, 4) is 0 Å². The summed E-state index contributed by atoms with van der Waals surface area (Å²) >= 11 is 1.44. The summed E-state index contributed by atoms with van der Waals surface area (Å²) in [6.45, 7) is 5.34. The van der Waals surface area contributed by atoms with Crippen LogP contribution in [0.25, 0.3) is 0 Å². The summed E-state index contributed by atoms with van der Waals surface area (Å²) in [5.41, 5.74) is 0.892. The third kappa shape index (κ3) is 2.79. The lowest BCUT2D eigenvalue weighted by molar-refractivity contribution is 0.102. The highest BCUT2D eigenvalue weighted by Gasteiger charge is 2.30. The van der Waals surface area contributed by atoms with E-state index in [1.54, 1.807) is 0 Å². The van der Waals surface area contributed by atoms with Gasteiger partial charge in [-0.25, -0.2) is 18.5 Å². The minimum absolute atomic E-state index is 0.604. The summed E-state index contributed by atoms with van der Waals surface area (Å²) < 4.78 is 27.7. The molecule has 1 aromatic heterocycles. The SMILES string of the molecule is CO[C@@H](c1nc(C)c(C)s1)[C@@H](C)S(N)(=O)=O. The molecule has 0 spiro atoms. The Morgan fingerprint density at radius 2 is 2.00 bits per heavy atom. The number of methoxy groups -OCH3 is 1. The predicted octanol–water partition coefficient (Wildman–Crippen LogP) is 1.12. The number of thiazole rings is 1. The molecule has 16 heavy (non-hydrogen) atoms. The Balaban J connectivity index is 3.08. The molecule has 0 radical (unpaired) electrons. The molecule has 0 fully saturated rings. The monoisotopic (exact) mass is 264 g/mol. The number of hydrogen-bond donors (Lipinski definition) is 1. The molecular formula is C9H16N2O3S2. The maximum atomic E-state index is 11.3. The number of nitrogens with zero attached hydrogens (tertiary/aromatic N) is 1. The van der Waals surface area contributed by atoms with Crippen molar-refractivity contribution in [3.63, 3.8) is 0 Å². The van der Waals surface area contributed by atoms with E-state index < -0.39 is 21.4 Å². The molecule has 0 unspecified atom stereocenters. The molecule has 5 nitrogen and oxygen atoms in total. The van der Waals surface area contributed by atoms with Crippen LogP contribution in [-0.2, 0) is 14.8 Å². The van der Waals surface area contributed by atoms with E-state index in [1.165, 1.54) is 25.4 Å². The van der Waals surface area contributed by atoms with Crippen LogP contribution in [0.5, 0.6) is 0 Å². The van der Waals surface area contributed by atoms with E-state index in [4.69, 9.17) is 9.88 Å². The van der Waals surface area contributed by atoms with E-state index in [0.717, 1.165) is 10.6 Å². The first-order valence-electron chi connectivity index (χ1n) is 4.75. The smallest absolute Gasteiger partial charge is 0.214 e. The van der Waals surface area contributed by atoms with Crippen molar-refractivity contribution in [2.24, 2.45) is 5.14 Å². The number of ether oxygens (including phenoxy) is 1. The van der Waals surface area contributed by atoms with Crippen LogP contribution >= 0.6 is 11.3 Å². The van der Waals surface area contributed by atoms with Gasteiger partial charge >= 0.3 is 0 Å². The summed E-state index contributed by atoms with van der Waals surface area (Å²) in [6.07, 6.45) is -0.604. The average Bonchev–Trinajstić information content (AvgIpc) is 2.46. The van der Waals surface area contributed by atoms with Crippen molar-refractivity contribution < 1.29 is 13.2 Å². The van der Waals surface area contributed by atoms with Crippen LogP contribution in [0.3, 0.4) is 0 Å². The molecule has 2 N–H and O–H groups in total. The Morgan fingerprint density at radius 1 is 1.44 bits per heavy atom. The van der Waals surface area contributed by atoms with Gasteiger partial charge in [0.25, 0.3) is 0 Å². The molecule has 0 saturated heterocycles. The molecule has 2 atom stereocenters. The van der Waals surface area contributed by atoms with Crippen molar-refractivity contribution in [2.45, 2.75) is 32.1 Å². The van der Waals surface area contributed by atoms with Gasteiger partial charge in [-0.05, 0) is 20.8 Å². The van der Waals surface area contributed by atoms with Gasteiger partial charge in [0.05, 0.1) is 5.69 Å². The Bertz CT molecular complexity index is 448. The summed E-state index contributed by atoms with van der Waals surface area (Å²) in [6, 6.07) is 0. The zero-order valence-electron chi connectivity index (χ0n) is 9.72. The third-order valence-corrected chi connectivity index (χ3v) is 4.90. The minimum Gasteiger partial charge on any atom is -0.373 e. The molecule has 1 aromatic rings. The lowest BCUT2D eigenvalue weighted by Crippen LogP contribution is -2.32. The zero-order valence-corrected chi connectivity index (χ0v) is 11.4. The van der Waals surface area contributed by atoms with Gasteiger partial charge in [0.15, 0.2) is 0 Å². The molecule has 92 valence electrons. The highest BCUT2D eigenvalue weighted by molar-refractivity contribution is 7.89. The van der Waals surface area contributed by atoms with Gasteiger partial charge in [0.2, 0.25) is 10.0 Å². The van der Waals surface area contributed by atoms with Gasteiger partial charge in [0, 0.05) is 12.0 Å². The summed E-state index contributed by atoms with van der Waals surface area (Å²) in [7, 11) is -2.17. The van der Waals surface area contributed by atoms with Gasteiger partial charge < -0.3 is 4.74 Å². The fourth-order valence-electron chi connectivity index (χ4n) is 1.28. The zero-order chi connectivity index (χ0) is 12.5. The van der Waals surface area contributed by atoms with Crippen molar-refractivity contribution in [1.29, 1.82) is 0 Å². The van der Waals surface area contributed by atoms with E-state index in [1.807, 2.05) is 13.8 Å². The molecule has 7 heteroatoms. The number of nitrogens with two attached hydrogens (primary N) is 1. The second-order valence-electron chi connectivity index (χ2n) is 3.64. The number of aromatic nitrogens is 1. The van der Waals surface area contributed by atoms with Crippen molar-refractivity contribution in [1.82, 2.24) is 4.98 Å². The van der Waals surface area contributed by atoms with Crippen LogP contribution in [0.4, 0.5) is 0 Å². The highest BCUT2D eigenvalue weighted by atomic mass is 32.2. The molecule has 0 aromatic carbocycles. The first-order valence-corrected chi connectivity index (χ1v) is 7.18. The van der Waals surface area contributed by atoms with Crippen molar-refractivity contribution in [3.05, 3.63) is 15.6 Å². The molecular weight excluding hydrogens is 248 g/mol. The van der Waals surface area contributed by atoms with Crippen LogP contribution in [0.2, 0.25) is 0 Å². The predicted molar refractivity (Wildman–Crippen MR) is 63.9 cm³/mol. The Hall–Kier alpha value is -0.500. The van der Waals surface area contributed by atoms with E-state index in [9.17, 15) is 8.42 Å². The van der Waals surface area contributed by atoms with Gasteiger partial charge in [0.1, 0.15) is 16.4 Å². The maximum absolute atomic E-state index is 11.3. The van der Waals surface area contributed by atoms with E-state index >= 15 is 0 Å². The normalized spacial score (nSPS) is 16.1. The Kier molecular flexibility index (Phi) is 4.06. The maximum Gasteiger partial charge on any atom is 0.214 e. The van der Waals surface area contributed by atoms with Crippen LogP contribution in [0, 0.1) is 13.8 Å². The molecule has 1 rings (SSSR count). The fourth-order valence-corrected chi connectivity index (χ4v) is 3.06. The second-order valence-corrected chi connectivity index (χ2v) is 6.80. The lowest BCUT2D eigenvalue weighted by Gasteiger charge is -2.18. The van der Waals surface area contributed by atoms with Gasteiger partial charge in [-0.3, -0.25) is 0 Å². The summed E-state index contributed by atoms with van der Waals surface area (Å²) in [5, 5.41) is 4.96. The quantitative estimate of drug-likeness (QED) is 0.883. The number of aryl methyl sites for hydroxylation is 2. The molecule has 0 aliphatic rings. The number of primary sulfonamides is 1. The Labute approximate surface area is 99.7 Å². The van der Waals surface area contributed by atoms with Crippen LogP contribution in [-0.4, -0.2) is 25.8 Å². The molecule has 0 bridgehead atoms. The van der Waals surface area contributed by atoms with Gasteiger partial charge in [-0.1, -0.05) is 0 Å². The summed E-state index contributed by atoms with van der Waals surface area (Å²) in [4.78, 5) is 5.34. The molecule has 0 saturated carbocycles. The fraction of sp³-hybridized carbons (Fsp3) is 0.667. The average molecular weight is 264 g/mol. The largest absolute Gasteiger partial charge is 0.373 e. The topological polar surface area (TPSA) is 82.3 Å². The van der Waals surface area contributed by atoms with Crippen LogP contribution < -0.4 is 5.14 Å². The van der Waals surface area contributed by atoms with Gasteiger partial charge in [-0.2, -0.15) is 0 Å². The number of hydrogen-bond acceptors (Lipinski definition) is 5. The number of sulfonamides is 1. The molecule has 0 aliphatic heterocycles. The van der Waals surface area contributed by atoms with Crippen molar-refractivity contribution >= 4 is 21.4 Å². The van der Waals surface area contributed by atoms with E-state index in [0.29, 0.717) is 5.01 Å². The summed E-state index contributed by atoms with van der Waals surface area (Å²) in [5.74, 6) is 0. The molecule has 0 amide bonds. The first kappa shape index (κ1) is 13.6. The van der Waals surface area contributed by atoms with E-state index in [-0.39, 0.29) is 0 Å². The van der Waals surface area contributed by atoms with E-state index in [2.05, 4.69) is 4.98 Å². The highest BCUT2D eigenvalue weighted by Crippen LogP contribution is 2.29. The molecule has 0 aliphatic carbocycles. The standard InChI is InChI=1S/C9H16N2O3S2/c1-5-6(2)15-9(11-5)8(14-4)7(3)16(10,12)13/h7-8H,1-4H3,(H2,10,12,13)/t7-,8-/m1/s1.